The van der Waals surface area contributed by atoms with E-state index in [0.29, 0.717) is 25.1 Å². The van der Waals surface area contributed by atoms with Crippen LogP contribution in [0.2, 0.25) is 5.02 Å². The molecule has 9 heteroatoms. The molecule has 2 aliphatic rings. The molecule has 0 unspecified atom stereocenters. The van der Waals surface area contributed by atoms with E-state index in [1.165, 1.54) is 11.6 Å². The number of carboxylic acid groups (broad SMARTS) is 1. The van der Waals surface area contributed by atoms with E-state index in [2.05, 4.69) is 16.3 Å². The first kappa shape index (κ1) is 24.3. The highest BCUT2D eigenvalue weighted by atomic mass is 35.5. The molecule has 1 aromatic carbocycles. The third-order valence-corrected chi connectivity index (χ3v) is 7.29. The Hall–Kier alpha value is -2.84. The van der Waals surface area contributed by atoms with Crippen LogP contribution in [0.25, 0.3) is 0 Å². The Bertz CT molecular complexity index is 1090. The molecule has 4 rings (SSSR count). The van der Waals surface area contributed by atoms with Crippen molar-refractivity contribution in [1.29, 1.82) is 0 Å². The van der Waals surface area contributed by atoms with Gasteiger partial charge < -0.3 is 19.9 Å². The van der Waals surface area contributed by atoms with E-state index in [4.69, 9.17) is 11.6 Å². The van der Waals surface area contributed by atoms with Crippen LogP contribution in [-0.2, 0) is 22.7 Å². The SMILES string of the molecule is CCn1cc(NC(=O)[C@H]2CCC(=O)N2C2CCN(Cc3ccc(Cl)c(C)c3)CC2)cc1C(=O)O. The molecule has 2 saturated heterocycles. The maximum Gasteiger partial charge on any atom is 0.352 e. The Balaban J connectivity index is 1.37. The molecule has 2 aromatic rings. The molecule has 0 aliphatic carbocycles. The minimum Gasteiger partial charge on any atom is -0.477 e. The summed E-state index contributed by atoms with van der Waals surface area (Å²) < 4.78 is 1.58. The number of nitrogens with one attached hydrogen (secondary N) is 1. The summed E-state index contributed by atoms with van der Waals surface area (Å²) in [5.41, 5.74) is 2.85. The number of likely N-dealkylation sites (tertiary alicyclic amines) is 2. The van der Waals surface area contributed by atoms with Crippen LogP contribution in [0.5, 0.6) is 0 Å². The van der Waals surface area contributed by atoms with Gasteiger partial charge in [-0.05, 0) is 56.4 Å². The molecule has 2 N–H and O–H groups in total. The van der Waals surface area contributed by atoms with Crippen molar-refractivity contribution in [2.45, 2.75) is 64.7 Å². The second kappa shape index (κ2) is 10.2. The van der Waals surface area contributed by atoms with Gasteiger partial charge in [-0.25, -0.2) is 4.79 Å². The number of benzene rings is 1. The molecule has 2 fully saturated rings. The molecule has 3 heterocycles. The van der Waals surface area contributed by atoms with Gasteiger partial charge in [-0.1, -0.05) is 23.7 Å². The molecule has 2 amide bonds. The zero-order valence-electron chi connectivity index (χ0n) is 19.6. The lowest BCUT2D eigenvalue weighted by Crippen LogP contribution is -2.51. The van der Waals surface area contributed by atoms with Crippen LogP contribution in [0.1, 0.15) is 54.2 Å². The van der Waals surface area contributed by atoms with Crippen LogP contribution < -0.4 is 5.32 Å². The van der Waals surface area contributed by atoms with E-state index < -0.39 is 12.0 Å². The van der Waals surface area contributed by atoms with Gasteiger partial charge in [0.25, 0.3) is 0 Å². The van der Waals surface area contributed by atoms with Crippen LogP contribution in [-0.4, -0.2) is 62.4 Å². The maximum atomic E-state index is 13.1. The van der Waals surface area contributed by atoms with Gasteiger partial charge >= 0.3 is 5.97 Å². The van der Waals surface area contributed by atoms with Crippen LogP contribution in [0.15, 0.2) is 30.5 Å². The van der Waals surface area contributed by atoms with E-state index >= 15 is 0 Å². The second-order valence-corrected chi connectivity index (χ2v) is 9.55. The predicted molar refractivity (Wildman–Crippen MR) is 130 cm³/mol. The van der Waals surface area contributed by atoms with Gasteiger partial charge in [-0.3, -0.25) is 14.5 Å². The predicted octanol–water partition coefficient (Wildman–Crippen LogP) is 3.76. The smallest absolute Gasteiger partial charge is 0.352 e. The van der Waals surface area contributed by atoms with E-state index in [0.717, 1.165) is 43.1 Å². The van der Waals surface area contributed by atoms with Crippen LogP contribution in [0.3, 0.4) is 0 Å². The van der Waals surface area contributed by atoms with Crippen LogP contribution >= 0.6 is 11.6 Å². The van der Waals surface area contributed by atoms with Gasteiger partial charge in [-0.2, -0.15) is 0 Å². The number of piperidine rings is 1. The topological polar surface area (TPSA) is 94.9 Å². The lowest BCUT2D eigenvalue weighted by atomic mass is 10.0. The normalized spacial score (nSPS) is 19.6. The van der Waals surface area contributed by atoms with Crippen molar-refractivity contribution < 1.29 is 19.5 Å². The lowest BCUT2D eigenvalue weighted by molar-refractivity contribution is -0.136. The van der Waals surface area contributed by atoms with Gasteiger partial charge in [0, 0.05) is 49.9 Å². The summed E-state index contributed by atoms with van der Waals surface area (Å²) in [5.74, 6) is -1.28. The number of carbonyl (C=O) groups excluding carboxylic acids is 2. The fourth-order valence-electron chi connectivity index (χ4n) is 5.08. The van der Waals surface area contributed by atoms with Gasteiger partial charge in [0.1, 0.15) is 11.7 Å². The number of rotatable bonds is 7. The average Bonchev–Trinajstić information content (AvgIpc) is 3.40. The summed E-state index contributed by atoms with van der Waals surface area (Å²) in [4.78, 5) is 41.3. The molecule has 8 nitrogen and oxygen atoms in total. The lowest BCUT2D eigenvalue weighted by Gasteiger charge is -2.39. The highest BCUT2D eigenvalue weighted by molar-refractivity contribution is 6.31. The Morgan fingerprint density at radius 1 is 1.18 bits per heavy atom. The Morgan fingerprint density at radius 2 is 1.91 bits per heavy atom. The minimum atomic E-state index is -1.04. The first-order valence-corrected chi connectivity index (χ1v) is 12.2. The largest absolute Gasteiger partial charge is 0.477 e. The van der Waals surface area contributed by atoms with Gasteiger partial charge in [0.05, 0.1) is 5.69 Å². The number of aromatic carboxylic acids is 1. The molecule has 2 aliphatic heterocycles. The number of carbonyl (C=O) groups is 3. The quantitative estimate of drug-likeness (QED) is 0.621. The number of nitrogens with zero attached hydrogens (tertiary/aromatic N) is 3. The number of hydrogen-bond acceptors (Lipinski definition) is 4. The molecule has 0 radical (unpaired) electrons. The molecule has 0 bridgehead atoms. The second-order valence-electron chi connectivity index (χ2n) is 9.14. The molecule has 0 saturated carbocycles. The summed E-state index contributed by atoms with van der Waals surface area (Å²) in [5, 5.41) is 13.0. The van der Waals surface area contributed by atoms with Crippen molar-refractivity contribution in [3.05, 3.63) is 52.3 Å². The van der Waals surface area contributed by atoms with Crippen LogP contribution in [0.4, 0.5) is 5.69 Å². The highest BCUT2D eigenvalue weighted by Crippen LogP contribution is 2.29. The fourth-order valence-corrected chi connectivity index (χ4v) is 5.20. The summed E-state index contributed by atoms with van der Waals surface area (Å²) in [6.45, 7) is 6.87. The number of carboxylic acids is 1. The van der Waals surface area contributed by atoms with Crippen molar-refractivity contribution in [2.24, 2.45) is 0 Å². The monoisotopic (exact) mass is 486 g/mol. The zero-order chi connectivity index (χ0) is 24.4. The van der Waals surface area contributed by atoms with Crippen molar-refractivity contribution in [3.63, 3.8) is 0 Å². The first-order valence-electron chi connectivity index (χ1n) is 11.8. The van der Waals surface area contributed by atoms with Crippen molar-refractivity contribution in [3.8, 4) is 0 Å². The van der Waals surface area contributed by atoms with E-state index in [1.807, 2.05) is 26.0 Å². The Labute approximate surface area is 204 Å². The number of aromatic nitrogens is 1. The molecule has 0 spiro atoms. The summed E-state index contributed by atoms with van der Waals surface area (Å²) >= 11 is 6.14. The van der Waals surface area contributed by atoms with E-state index in [1.54, 1.807) is 15.7 Å². The minimum absolute atomic E-state index is 0.0179. The number of halogens is 1. The van der Waals surface area contributed by atoms with Crippen molar-refractivity contribution in [2.75, 3.05) is 18.4 Å². The Kier molecular flexibility index (Phi) is 7.28. The van der Waals surface area contributed by atoms with Crippen molar-refractivity contribution in [1.82, 2.24) is 14.4 Å². The van der Waals surface area contributed by atoms with E-state index in [9.17, 15) is 19.5 Å². The molecule has 34 heavy (non-hydrogen) atoms. The molecule has 182 valence electrons. The summed E-state index contributed by atoms with van der Waals surface area (Å²) in [7, 11) is 0. The number of aryl methyl sites for hydroxylation is 2. The molecular weight excluding hydrogens is 456 g/mol. The van der Waals surface area contributed by atoms with Gasteiger partial charge in [0.2, 0.25) is 11.8 Å². The zero-order valence-corrected chi connectivity index (χ0v) is 20.3. The third-order valence-electron chi connectivity index (χ3n) is 6.86. The maximum absolute atomic E-state index is 13.1. The molecule has 1 atom stereocenters. The first-order chi connectivity index (χ1) is 16.3. The summed E-state index contributed by atoms with van der Waals surface area (Å²) in [6, 6.07) is 7.05. The standard InChI is InChI=1S/C25H31ClN4O4/c1-3-29-15-18(13-22(29)25(33)34)27-24(32)21-6-7-23(31)30(21)19-8-10-28(11-9-19)14-17-4-5-20(26)16(2)12-17/h4-5,12-13,15,19,21H,3,6-11,14H2,1-2H3,(H,27,32)(H,33,34)/t21-/m1/s1. The van der Waals surface area contributed by atoms with Crippen LogP contribution in [0, 0.1) is 6.92 Å². The number of hydrogen-bond donors (Lipinski definition) is 2. The molecule has 1 aromatic heterocycles. The van der Waals surface area contributed by atoms with E-state index in [-0.39, 0.29) is 23.6 Å². The average molecular weight is 487 g/mol. The fraction of sp³-hybridized carbons (Fsp3) is 0.480. The number of amides is 2. The van der Waals surface area contributed by atoms with Gasteiger partial charge in [-0.15, -0.1) is 0 Å². The molecular formula is C25H31ClN4O4. The number of anilines is 1. The Morgan fingerprint density at radius 3 is 2.53 bits per heavy atom. The third kappa shape index (κ3) is 5.13. The summed E-state index contributed by atoms with van der Waals surface area (Å²) in [6.07, 6.45) is 4.10. The van der Waals surface area contributed by atoms with Gasteiger partial charge in [0.15, 0.2) is 0 Å². The highest BCUT2D eigenvalue weighted by Gasteiger charge is 2.41. The van der Waals surface area contributed by atoms with Crippen molar-refractivity contribution >= 4 is 35.1 Å².